The van der Waals surface area contributed by atoms with Gasteiger partial charge < -0.3 is 9.80 Å². The van der Waals surface area contributed by atoms with Crippen LogP contribution in [-0.4, -0.2) is 46.2 Å². The van der Waals surface area contributed by atoms with Crippen molar-refractivity contribution < 1.29 is 9.59 Å². The average molecular weight is 404 g/mol. The third kappa shape index (κ3) is 3.30. The van der Waals surface area contributed by atoms with E-state index < -0.39 is 0 Å². The van der Waals surface area contributed by atoms with Crippen LogP contribution in [0, 0.1) is 31.6 Å². The topological polar surface area (TPSA) is 53.5 Å². The maximum Gasteiger partial charge on any atom is 0.254 e. The summed E-state index contributed by atoms with van der Waals surface area (Å²) < 4.78 is 0. The summed E-state index contributed by atoms with van der Waals surface area (Å²) in [6.45, 7) is 6.11. The molecule has 156 valence electrons. The van der Waals surface area contributed by atoms with Gasteiger partial charge in [0.25, 0.3) is 5.91 Å². The first-order valence-corrected chi connectivity index (χ1v) is 11.1. The molecule has 1 aliphatic carbocycles. The Morgan fingerprint density at radius 3 is 2.30 bits per heavy atom. The zero-order chi connectivity index (χ0) is 20.8. The van der Waals surface area contributed by atoms with Crippen LogP contribution in [0.4, 0.5) is 0 Å². The lowest BCUT2D eigenvalue weighted by Crippen LogP contribution is -2.41. The fraction of sp³-hybridized carbons (Fsp3) is 0.480. The van der Waals surface area contributed by atoms with E-state index in [9.17, 15) is 9.59 Å². The predicted molar refractivity (Wildman–Crippen MR) is 115 cm³/mol. The van der Waals surface area contributed by atoms with E-state index in [1.165, 1.54) is 12.0 Å². The number of likely N-dealkylation sites (tertiary alicyclic amines) is 2. The van der Waals surface area contributed by atoms with Gasteiger partial charge in [-0.25, -0.2) is 0 Å². The number of amides is 2. The Morgan fingerprint density at radius 2 is 1.67 bits per heavy atom. The quantitative estimate of drug-likeness (QED) is 0.784. The Bertz CT molecular complexity index is 949. The van der Waals surface area contributed by atoms with Gasteiger partial charge in [0.15, 0.2) is 0 Å². The minimum Gasteiger partial charge on any atom is -0.342 e. The van der Waals surface area contributed by atoms with Crippen molar-refractivity contribution >= 4 is 11.8 Å². The highest BCUT2D eigenvalue weighted by Crippen LogP contribution is 2.46. The average Bonchev–Trinajstić information content (AvgIpc) is 3.24. The van der Waals surface area contributed by atoms with Gasteiger partial charge in [0, 0.05) is 54.3 Å². The smallest absolute Gasteiger partial charge is 0.254 e. The summed E-state index contributed by atoms with van der Waals surface area (Å²) in [5, 5.41) is 0. The first-order chi connectivity index (χ1) is 14.5. The van der Waals surface area contributed by atoms with Crippen LogP contribution in [0.2, 0.25) is 0 Å². The van der Waals surface area contributed by atoms with Crippen molar-refractivity contribution in [2.75, 3.05) is 19.6 Å². The summed E-state index contributed by atoms with van der Waals surface area (Å²) in [6, 6.07) is 14.1. The van der Waals surface area contributed by atoms with Crippen molar-refractivity contribution in [3.63, 3.8) is 0 Å². The second-order valence-corrected chi connectivity index (χ2v) is 9.25. The third-order valence-corrected chi connectivity index (χ3v) is 7.16. The Balaban J connectivity index is 1.44. The van der Waals surface area contributed by atoms with Crippen molar-refractivity contribution in [1.82, 2.24) is 14.8 Å². The Kier molecular flexibility index (Phi) is 4.84. The minimum atomic E-state index is 0.0108. The van der Waals surface area contributed by atoms with Crippen LogP contribution in [0.25, 0.3) is 0 Å². The van der Waals surface area contributed by atoms with E-state index in [1.807, 2.05) is 49.1 Å². The molecule has 3 fully saturated rings. The maximum absolute atomic E-state index is 13.6. The van der Waals surface area contributed by atoms with Gasteiger partial charge in [-0.05, 0) is 44.4 Å². The summed E-state index contributed by atoms with van der Waals surface area (Å²) >= 11 is 0. The Morgan fingerprint density at radius 1 is 0.967 bits per heavy atom. The molecule has 2 aliphatic heterocycles. The molecule has 1 saturated carbocycles. The lowest BCUT2D eigenvalue weighted by molar-refractivity contribution is -0.137. The number of aryl methyl sites for hydroxylation is 2. The highest BCUT2D eigenvalue weighted by atomic mass is 16.2. The van der Waals surface area contributed by atoms with E-state index in [-0.39, 0.29) is 17.9 Å². The normalized spacial score (nSPS) is 25.9. The summed E-state index contributed by atoms with van der Waals surface area (Å²) in [6.07, 6.45) is 3.26. The molecule has 5 heteroatoms. The number of rotatable bonds is 3. The number of benzene rings is 1. The lowest BCUT2D eigenvalue weighted by Gasteiger charge is -2.33. The van der Waals surface area contributed by atoms with Crippen molar-refractivity contribution in [2.24, 2.45) is 17.8 Å². The largest absolute Gasteiger partial charge is 0.342 e. The molecule has 2 aromatic rings. The van der Waals surface area contributed by atoms with E-state index in [0.29, 0.717) is 29.9 Å². The molecule has 3 atom stereocenters. The standard InChI is InChI=1S/C25H29N3O2/c1-16-11-20(12-17(2)26-16)25(30)28-14-21-13-27(24(29)19-9-6-10-19)15-22(21)23(28)18-7-4-3-5-8-18/h3-5,7-8,11-12,19,21-23H,6,9-10,13-15H2,1-2H3/t21-,22-,23+/m0/s1. The van der Waals surface area contributed by atoms with Gasteiger partial charge in [0.2, 0.25) is 5.91 Å². The molecule has 30 heavy (non-hydrogen) atoms. The van der Waals surface area contributed by atoms with Crippen LogP contribution in [0.15, 0.2) is 42.5 Å². The van der Waals surface area contributed by atoms with Crippen molar-refractivity contribution in [1.29, 1.82) is 0 Å². The number of aromatic nitrogens is 1. The van der Waals surface area contributed by atoms with Crippen LogP contribution in [0.5, 0.6) is 0 Å². The summed E-state index contributed by atoms with van der Waals surface area (Å²) in [7, 11) is 0. The number of hydrogen-bond acceptors (Lipinski definition) is 3. The van der Waals surface area contributed by atoms with E-state index in [2.05, 4.69) is 22.0 Å². The van der Waals surface area contributed by atoms with Crippen LogP contribution in [0.1, 0.15) is 52.6 Å². The second-order valence-electron chi connectivity index (χ2n) is 9.25. The second kappa shape index (κ2) is 7.53. The van der Waals surface area contributed by atoms with Gasteiger partial charge in [-0.2, -0.15) is 0 Å². The van der Waals surface area contributed by atoms with Gasteiger partial charge in [0.1, 0.15) is 0 Å². The van der Waals surface area contributed by atoms with E-state index in [0.717, 1.165) is 37.3 Å². The first-order valence-electron chi connectivity index (χ1n) is 11.1. The first kappa shape index (κ1) is 19.3. The molecule has 0 radical (unpaired) electrons. The van der Waals surface area contributed by atoms with E-state index >= 15 is 0 Å². The maximum atomic E-state index is 13.6. The predicted octanol–water partition coefficient (Wildman–Crippen LogP) is 3.77. The highest BCUT2D eigenvalue weighted by molar-refractivity contribution is 5.95. The molecule has 0 unspecified atom stereocenters. The zero-order valence-electron chi connectivity index (χ0n) is 17.8. The molecular formula is C25H29N3O2. The van der Waals surface area contributed by atoms with Gasteiger partial charge >= 0.3 is 0 Å². The molecule has 3 heterocycles. The molecule has 0 N–H and O–H groups in total. The van der Waals surface area contributed by atoms with Crippen LogP contribution in [0.3, 0.4) is 0 Å². The molecular weight excluding hydrogens is 374 g/mol. The summed E-state index contributed by atoms with van der Waals surface area (Å²) in [5.74, 6) is 1.28. The van der Waals surface area contributed by atoms with Gasteiger partial charge in [-0.1, -0.05) is 36.8 Å². The van der Waals surface area contributed by atoms with Gasteiger partial charge in [0.05, 0.1) is 6.04 Å². The molecule has 2 saturated heterocycles. The Labute approximate surface area is 178 Å². The van der Waals surface area contributed by atoms with Crippen molar-refractivity contribution in [3.05, 3.63) is 65.0 Å². The van der Waals surface area contributed by atoms with Crippen LogP contribution >= 0.6 is 0 Å². The van der Waals surface area contributed by atoms with Crippen LogP contribution in [-0.2, 0) is 4.79 Å². The third-order valence-electron chi connectivity index (χ3n) is 7.16. The number of pyridine rings is 1. The molecule has 0 spiro atoms. The van der Waals surface area contributed by atoms with Crippen molar-refractivity contribution in [2.45, 2.75) is 39.2 Å². The number of nitrogens with zero attached hydrogens (tertiary/aromatic N) is 3. The summed E-state index contributed by atoms with van der Waals surface area (Å²) in [4.78, 5) is 35.0. The van der Waals surface area contributed by atoms with Gasteiger partial charge in [-0.15, -0.1) is 0 Å². The Hall–Kier alpha value is -2.69. The number of fused-ring (bicyclic) bond motifs is 1. The fourth-order valence-electron chi connectivity index (χ4n) is 5.55. The minimum absolute atomic E-state index is 0.0108. The molecule has 1 aromatic heterocycles. The molecule has 5 nitrogen and oxygen atoms in total. The van der Waals surface area contributed by atoms with E-state index in [4.69, 9.17) is 0 Å². The number of carbonyl (C=O) groups is 2. The molecule has 1 aromatic carbocycles. The van der Waals surface area contributed by atoms with Crippen molar-refractivity contribution in [3.8, 4) is 0 Å². The SMILES string of the molecule is Cc1cc(C(=O)N2C[C@@H]3CN(C(=O)C4CCC4)C[C@@H]3[C@H]2c2ccccc2)cc(C)n1. The molecule has 3 aliphatic rings. The summed E-state index contributed by atoms with van der Waals surface area (Å²) in [5.41, 5.74) is 3.61. The van der Waals surface area contributed by atoms with E-state index in [1.54, 1.807) is 0 Å². The molecule has 5 rings (SSSR count). The highest BCUT2D eigenvalue weighted by Gasteiger charge is 2.50. The van der Waals surface area contributed by atoms with Gasteiger partial charge in [-0.3, -0.25) is 14.6 Å². The lowest BCUT2D eigenvalue weighted by atomic mass is 9.84. The fourth-order valence-corrected chi connectivity index (χ4v) is 5.55. The number of carbonyl (C=O) groups excluding carboxylic acids is 2. The monoisotopic (exact) mass is 403 g/mol. The van der Waals surface area contributed by atoms with Crippen LogP contribution < -0.4 is 0 Å². The number of hydrogen-bond donors (Lipinski definition) is 0. The molecule has 0 bridgehead atoms. The molecule has 2 amide bonds. The zero-order valence-corrected chi connectivity index (χ0v) is 17.8.